The van der Waals surface area contributed by atoms with Gasteiger partial charge in [0.05, 0.1) is 37.5 Å². The predicted molar refractivity (Wildman–Crippen MR) is 124 cm³/mol. The summed E-state index contributed by atoms with van der Waals surface area (Å²) >= 11 is -1.49. The Kier molecular flexibility index (Phi) is 8.56. The molecule has 6 nitrogen and oxygen atoms in total. The van der Waals surface area contributed by atoms with Crippen LogP contribution in [0.25, 0.3) is 0 Å². The topological polar surface area (TPSA) is 79.9 Å². The summed E-state index contributed by atoms with van der Waals surface area (Å²) in [6.07, 6.45) is 0.0537. The Hall–Kier alpha value is -3.00. The molecule has 2 atom stereocenters. The maximum atomic E-state index is 12.9. The number of hydrogen-bond donors (Lipinski definition) is 1. The molecule has 0 fully saturated rings. The molecule has 0 aliphatic carbocycles. The first kappa shape index (κ1) is 23.7. The summed E-state index contributed by atoms with van der Waals surface area (Å²) in [4.78, 5) is 12.8. The highest BCUT2D eigenvalue weighted by atomic mass is 32.2. The molecule has 0 saturated carbocycles. The van der Waals surface area contributed by atoms with Gasteiger partial charge in [-0.1, -0.05) is 42.0 Å². The van der Waals surface area contributed by atoms with Crippen molar-refractivity contribution in [3.8, 4) is 17.2 Å². The molecule has 0 aromatic heterocycles. The van der Waals surface area contributed by atoms with Crippen LogP contribution in [0.5, 0.6) is 17.2 Å². The van der Waals surface area contributed by atoms with Crippen molar-refractivity contribution in [3.63, 3.8) is 0 Å². The predicted octanol–water partition coefficient (Wildman–Crippen LogP) is 5.10. The number of rotatable bonds is 10. The lowest BCUT2D eigenvalue weighted by Crippen LogP contribution is -2.30. The van der Waals surface area contributed by atoms with Gasteiger partial charge in [-0.2, -0.15) is 0 Å². The molecule has 3 rings (SSSR count). The third-order valence-corrected chi connectivity index (χ3v) is 5.94. The first-order valence-corrected chi connectivity index (χ1v) is 11.5. The first-order valence-electron chi connectivity index (χ1n) is 10.3. The Morgan fingerprint density at radius 1 is 1.00 bits per heavy atom. The molecule has 0 aliphatic rings. The number of carbonyl (C=O) groups is 1. The quantitative estimate of drug-likeness (QED) is 0.340. The van der Waals surface area contributed by atoms with E-state index in [2.05, 4.69) is 4.72 Å². The third kappa shape index (κ3) is 6.50. The van der Waals surface area contributed by atoms with E-state index in [1.807, 2.05) is 67.6 Å². The van der Waals surface area contributed by atoms with Crippen LogP contribution in [0.4, 0.5) is 0 Å². The fraction of sp³-hybridized carbons (Fsp3) is 0.240. The van der Waals surface area contributed by atoms with E-state index >= 15 is 0 Å². The zero-order valence-electron chi connectivity index (χ0n) is 18.4. The number of para-hydroxylation sites is 2. The van der Waals surface area contributed by atoms with Crippen molar-refractivity contribution in [1.82, 2.24) is 4.72 Å². The monoisotopic (exact) mass is 453 g/mol. The summed E-state index contributed by atoms with van der Waals surface area (Å²) in [6.45, 7) is 4.02. The van der Waals surface area contributed by atoms with Gasteiger partial charge in [0.15, 0.2) is 16.4 Å². The zero-order valence-corrected chi connectivity index (χ0v) is 19.2. The minimum atomic E-state index is -1.49. The highest BCUT2D eigenvalue weighted by Gasteiger charge is 2.24. The van der Waals surface area contributed by atoms with Crippen LogP contribution in [0, 0.1) is 6.92 Å². The number of carbonyl (C=O) groups excluding carboxylic acids is 1. The van der Waals surface area contributed by atoms with Crippen LogP contribution in [0.2, 0.25) is 0 Å². The molecule has 0 bridgehead atoms. The van der Waals surface area contributed by atoms with E-state index in [1.165, 1.54) is 0 Å². The van der Waals surface area contributed by atoms with Gasteiger partial charge in [0, 0.05) is 0 Å². The van der Waals surface area contributed by atoms with Crippen LogP contribution in [-0.2, 0) is 20.9 Å². The van der Waals surface area contributed by atoms with Crippen molar-refractivity contribution < 1.29 is 23.6 Å². The van der Waals surface area contributed by atoms with E-state index in [1.54, 1.807) is 26.2 Å². The minimum absolute atomic E-state index is 0.0537. The SMILES string of the molecule is CCOC(=O)C[C@H](N[S@+]([O-])c1ccc(C)cc1)c1ccc(Oc2ccccc2OC)cc1. The molecule has 0 radical (unpaired) electrons. The lowest BCUT2D eigenvalue weighted by atomic mass is 10.0. The average molecular weight is 454 g/mol. The summed E-state index contributed by atoms with van der Waals surface area (Å²) in [7, 11) is 1.59. The second-order valence-corrected chi connectivity index (χ2v) is 8.33. The van der Waals surface area contributed by atoms with Gasteiger partial charge in [0.1, 0.15) is 5.75 Å². The average Bonchev–Trinajstić information content (AvgIpc) is 2.80. The second kappa shape index (κ2) is 11.6. The molecule has 32 heavy (non-hydrogen) atoms. The standard InChI is InChI=1S/C25H27NO5S/c1-4-30-25(27)17-22(26-32(28)21-15-9-18(2)10-16-21)19-11-13-20(14-12-19)31-24-8-6-5-7-23(24)29-3/h5-16,22,26H,4,17H2,1-3H3/t22-,32+/m0/s1. The number of esters is 1. The van der Waals surface area contributed by atoms with Gasteiger partial charge in [0.25, 0.3) is 0 Å². The lowest BCUT2D eigenvalue weighted by molar-refractivity contribution is -0.143. The Labute approximate surface area is 191 Å². The van der Waals surface area contributed by atoms with Crippen molar-refractivity contribution in [2.75, 3.05) is 13.7 Å². The van der Waals surface area contributed by atoms with Crippen LogP contribution in [-0.4, -0.2) is 24.2 Å². The van der Waals surface area contributed by atoms with E-state index in [4.69, 9.17) is 14.2 Å². The highest BCUT2D eigenvalue weighted by molar-refractivity contribution is 7.89. The van der Waals surface area contributed by atoms with Crippen LogP contribution in [0.15, 0.2) is 77.7 Å². The fourth-order valence-corrected chi connectivity index (χ4v) is 4.07. The Bertz CT molecular complexity index is 1010. The summed E-state index contributed by atoms with van der Waals surface area (Å²) < 4.78 is 32.3. The van der Waals surface area contributed by atoms with Crippen molar-refractivity contribution >= 4 is 17.3 Å². The van der Waals surface area contributed by atoms with Gasteiger partial charge in [-0.15, -0.1) is 4.72 Å². The normalized spacial score (nSPS) is 12.6. The second-order valence-electron chi connectivity index (χ2n) is 7.08. The minimum Gasteiger partial charge on any atom is -0.593 e. The molecular weight excluding hydrogens is 426 g/mol. The molecule has 7 heteroatoms. The van der Waals surface area contributed by atoms with Gasteiger partial charge in [-0.25, -0.2) is 0 Å². The van der Waals surface area contributed by atoms with Crippen LogP contribution in [0.3, 0.4) is 0 Å². The van der Waals surface area contributed by atoms with Gasteiger partial charge in [-0.05, 0) is 55.8 Å². The number of nitrogens with one attached hydrogen (secondary N) is 1. The van der Waals surface area contributed by atoms with Crippen molar-refractivity contribution in [1.29, 1.82) is 0 Å². The van der Waals surface area contributed by atoms with Crippen LogP contribution in [0.1, 0.15) is 30.5 Å². The van der Waals surface area contributed by atoms with E-state index in [9.17, 15) is 9.35 Å². The van der Waals surface area contributed by atoms with Gasteiger partial charge < -0.3 is 18.8 Å². The highest BCUT2D eigenvalue weighted by Crippen LogP contribution is 2.32. The largest absolute Gasteiger partial charge is 0.593 e. The summed E-state index contributed by atoms with van der Waals surface area (Å²) in [5.74, 6) is 1.49. The third-order valence-electron chi connectivity index (χ3n) is 4.74. The molecular formula is C25H27NO5S. The summed E-state index contributed by atoms with van der Waals surface area (Å²) in [6, 6.07) is 21.6. The lowest BCUT2D eigenvalue weighted by Gasteiger charge is -2.20. The fourth-order valence-electron chi connectivity index (χ4n) is 3.07. The molecule has 3 aromatic carbocycles. The molecule has 0 amide bonds. The molecule has 0 saturated heterocycles. The maximum Gasteiger partial charge on any atom is 0.307 e. The Morgan fingerprint density at radius 2 is 1.66 bits per heavy atom. The zero-order chi connectivity index (χ0) is 22.9. The number of aryl methyl sites for hydroxylation is 1. The van der Waals surface area contributed by atoms with E-state index < -0.39 is 17.4 Å². The molecule has 168 valence electrons. The first-order chi connectivity index (χ1) is 15.5. The molecule has 0 aliphatic heterocycles. The van der Waals surface area contributed by atoms with E-state index in [0.717, 1.165) is 11.1 Å². The van der Waals surface area contributed by atoms with Crippen molar-refractivity contribution in [2.24, 2.45) is 0 Å². The molecule has 3 aromatic rings. The van der Waals surface area contributed by atoms with Gasteiger partial charge >= 0.3 is 5.97 Å². The van der Waals surface area contributed by atoms with Crippen molar-refractivity contribution in [2.45, 2.75) is 31.2 Å². The van der Waals surface area contributed by atoms with E-state index in [-0.39, 0.29) is 19.0 Å². The van der Waals surface area contributed by atoms with E-state index in [0.29, 0.717) is 22.1 Å². The number of benzene rings is 3. The van der Waals surface area contributed by atoms with Crippen LogP contribution < -0.4 is 14.2 Å². The Morgan fingerprint density at radius 3 is 2.28 bits per heavy atom. The molecule has 0 heterocycles. The summed E-state index contributed by atoms with van der Waals surface area (Å²) in [5.41, 5.74) is 1.88. The van der Waals surface area contributed by atoms with Gasteiger partial charge in [-0.3, -0.25) is 4.79 Å². The Balaban J connectivity index is 1.77. The van der Waals surface area contributed by atoms with Gasteiger partial charge in [0.2, 0.25) is 0 Å². The molecule has 1 N–H and O–H groups in total. The maximum absolute atomic E-state index is 12.9. The molecule has 0 unspecified atom stereocenters. The number of methoxy groups -OCH3 is 1. The number of ether oxygens (including phenoxy) is 3. The smallest absolute Gasteiger partial charge is 0.307 e. The molecule has 0 spiro atoms. The van der Waals surface area contributed by atoms with Crippen LogP contribution >= 0.6 is 0 Å². The number of hydrogen-bond acceptors (Lipinski definition) is 6. The summed E-state index contributed by atoms with van der Waals surface area (Å²) in [5, 5.41) is 0. The van der Waals surface area contributed by atoms with Crippen molar-refractivity contribution in [3.05, 3.63) is 83.9 Å².